The van der Waals surface area contributed by atoms with Gasteiger partial charge in [-0.2, -0.15) is 0 Å². The summed E-state index contributed by atoms with van der Waals surface area (Å²) in [6, 6.07) is 9.05. The van der Waals surface area contributed by atoms with Gasteiger partial charge in [0.15, 0.2) is 0 Å². The number of carbonyl (C=O) groups excluding carboxylic acids is 3. The van der Waals surface area contributed by atoms with Gasteiger partial charge in [-0.3, -0.25) is 19.3 Å². The zero-order valence-electron chi connectivity index (χ0n) is 17.5. The molecule has 0 bridgehead atoms. The monoisotopic (exact) mass is 430 g/mol. The number of rotatable bonds is 5. The zero-order chi connectivity index (χ0) is 22.7. The lowest BCUT2D eigenvalue weighted by molar-refractivity contribution is -0.123. The zero-order valence-corrected chi connectivity index (χ0v) is 17.5. The number of anilines is 3. The van der Waals surface area contributed by atoms with Gasteiger partial charge in [0.25, 0.3) is 0 Å². The second-order valence-corrected chi connectivity index (χ2v) is 7.56. The van der Waals surface area contributed by atoms with E-state index in [2.05, 4.69) is 10.6 Å². The Morgan fingerprint density at radius 2 is 1.84 bits per heavy atom. The lowest BCUT2D eigenvalue weighted by atomic mass is 10.1. The van der Waals surface area contributed by atoms with Crippen LogP contribution in [0.1, 0.15) is 20.3 Å². The number of para-hydroxylation sites is 3. The maximum atomic E-state index is 13.8. The summed E-state index contributed by atoms with van der Waals surface area (Å²) in [6.07, 6.45) is 0.132. The van der Waals surface area contributed by atoms with Crippen molar-refractivity contribution in [2.45, 2.75) is 32.4 Å². The molecule has 0 fully saturated rings. The van der Waals surface area contributed by atoms with Crippen LogP contribution in [0.5, 0.6) is 0 Å². The summed E-state index contributed by atoms with van der Waals surface area (Å²) in [5.74, 6) is -2.92. The van der Waals surface area contributed by atoms with Crippen LogP contribution in [0.4, 0.5) is 25.8 Å². The third kappa shape index (κ3) is 4.88. The van der Waals surface area contributed by atoms with Crippen LogP contribution in [-0.2, 0) is 14.4 Å². The number of benzene rings is 2. The Morgan fingerprint density at radius 3 is 2.52 bits per heavy atom. The molecule has 1 heterocycles. The van der Waals surface area contributed by atoms with Crippen molar-refractivity contribution in [3.63, 3.8) is 0 Å². The lowest BCUT2D eigenvalue weighted by Crippen LogP contribution is -2.48. The molecular formula is C22H24F2N4O3. The third-order valence-corrected chi connectivity index (χ3v) is 5.26. The molecule has 0 unspecified atom stereocenters. The summed E-state index contributed by atoms with van der Waals surface area (Å²) in [5.41, 5.74) is 0.581. The Hall–Kier alpha value is -3.33. The molecular weight excluding hydrogens is 406 g/mol. The Morgan fingerprint density at radius 1 is 1.19 bits per heavy atom. The van der Waals surface area contributed by atoms with Crippen molar-refractivity contribution >= 4 is 34.8 Å². The van der Waals surface area contributed by atoms with Gasteiger partial charge in [0.05, 0.1) is 24.0 Å². The number of amides is 3. The first kappa shape index (κ1) is 22.4. The van der Waals surface area contributed by atoms with Gasteiger partial charge in [-0.1, -0.05) is 18.2 Å². The topological polar surface area (TPSA) is 81.8 Å². The highest BCUT2D eigenvalue weighted by Gasteiger charge is 2.31. The van der Waals surface area contributed by atoms with Gasteiger partial charge in [0, 0.05) is 12.5 Å². The van der Waals surface area contributed by atoms with Gasteiger partial charge >= 0.3 is 0 Å². The van der Waals surface area contributed by atoms with Gasteiger partial charge in [0.1, 0.15) is 17.3 Å². The van der Waals surface area contributed by atoms with Gasteiger partial charge in [-0.25, -0.2) is 8.78 Å². The molecule has 0 spiro atoms. The smallest absolute Gasteiger partial charge is 0.241 e. The molecule has 2 atom stereocenters. The molecule has 164 valence electrons. The maximum absolute atomic E-state index is 13.8. The number of halogens is 2. The van der Waals surface area contributed by atoms with Crippen LogP contribution in [0.25, 0.3) is 0 Å². The van der Waals surface area contributed by atoms with Crippen LogP contribution < -0.4 is 15.5 Å². The molecule has 0 radical (unpaired) electrons. The quantitative estimate of drug-likeness (QED) is 0.764. The first-order chi connectivity index (χ1) is 14.7. The molecule has 3 rings (SSSR count). The van der Waals surface area contributed by atoms with Crippen molar-refractivity contribution in [3.8, 4) is 0 Å². The number of hydrogen-bond donors (Lipinski definition) is 2. The van der Waals surface area contributed by atoms with Crippen LogP contribution in [0.3, 0.4) is 0 Å². The predicted octanol–water partition coefficient (Wildman–Crippen LogP) is 2.99. The highest BCUT2D eigenvalue weighted by Crippen LogP contribution is 2.31. The molecule has 0 aliphatic carbocycles. The highest BCUT2D eigenvalue weighted by atomic mass is 19.1. The summed E-state index contributed by atoms with van der Waals surface area (Å²) in [6.45, 7) is 3.17. The van der Waals surface area contributed by atoms with Crippen LogP contribution in [-0.4, -0.2) is 48.3 Å². The van der Waals surface area contributed by atoms with Crippen LogP contribution in [0, 0.1) is 11.6 Å². The molecule has 0 aromatic heterocycles. The fourth-order valence-corrected chi connectivity index (χ4v) is 3.44. The minimum absolute atomic E-state index is 0.132. The summed E-state index contributed by atoms with van der Waals surface area (Å²) in [7, 11) is 1.57. The van der Waals surface area contributed by atoms with E-state index in [4.69, 9.17) is 0 Å². The van der Waals surface area contributed by atoms with E-state index >= 15 is 0 Å². The van der Waals surface area contributed by atoms with E-state index in [-0.39, 0.29) is 30.8 Å². The van der Waals surface area contributed by atoms with Crippen molar-refractivity contribution in [1.82, 2.24) is 4.90 Å². The van der Waals surface area contributed by atoms with Gasteiger partial charge in [0.2, 0.25) is 17.7 Å². The summed E-state index contributed by atoms with van der Waals surface area (Å²) < 4.78 is 27.6. The Labute approximate surface area is 179 Å². The molecule has 31 heavy (non-hydrogen) atoms. The number of nitrogens with one attached hydrogen (secondary N) is 2. The van der Waals surface area contributed by atoms with Crippen molar-refractivity contribution in [2.75, 3.05) is 29.1 Å². The second-order valence-electron chi connectivity index (χ2n) is 7.56. The standard InChI is InChI=1S/C22H24F2N4O3/c1-13-11-19(29)25-17-9-4-5-10-18(17)28(13)20(30)12-27(3)14(2)22(31)26-21-15(23)7-6-8-16(21)24/h4-10,13-14H,11-12H2,1-3H3,(H,25,29)(H,26,31)/t13-,14-/m1/s1. The molecule has 0 saturated carbocycles. The van der Waals surface area contributed by atoms with Crippen LogP contribution in [0.2, 0.25) is 0 Å². The summed E-state index contributed by atoms with van der Waals surface area (Å²) in [4.78, 5) is 40.7. The Kier molecular flexibility index (Phi) is 6.65. The van der Waals surface area contributed by atoms with E-state index in [1.54, 1.807) is 38.2 Å². The van der Waals surface area contributed by atoms with E-state index < -0.39 is 29.3 Å². The molecule has 2 aromatic carbocycles. The molecule has 0 saturated heterocycles. The van der Waals surface area contributed by atoms with Crippen molar-refractivity contribution < 1.29 is 23.2 Å². The van der Waals surface area contributed by atoms with Crippen molar-refractivity contribution in [2.24, 2.45) is 0 Å². The van der Waals surface area contributed by atoms with Crippen molar-refractivity contribution in [3.05, 3.63) is 54.1 Å². The Balaban J connectivity index is 1.73. The number of likely N-dealkylation sites (N-methyl/N-ethyl adjacent to an activating group) is 1. The van der Waals surface area contributed by atoms with Gasteiger partial charge < -0.3 is 15.5 Å². The SMILES string of the molecule is C[C@H](C(=O)Nc1c(F)cccc1F)N(C)CC(=O)N1c2ccccc2NC(=O)C[C@H]1C. The minimum atomic E-state index is -0.883. The van der Waals surface area contributed by atoms with E-state index in [1.807, 2.05) is 0 Å². The molecule has 3 amide bonds. The summed E-state index contributed by atoms with van der Waals surface area (Å²) >= 11 is 0. The number of nitrogens with zero attached hydrogens (tertiary/aromatic N) is 2. The van der Waals surface area contributed by atoms with E-state index in [9.17, 15) is 23.2 Å². The van der Waals surface area contributed by atoms with Gasteiger partial charge in [-0.15, -0.1) is 0 Å². The first-order valence-electron chi connectivity index (χ1n) is 9.85. The minimum Gasteiger partial charge on any atom is -0.324 e. The fourth-order valence-electron chi connectivity index (χ4n) is 3.44. The normalized spacial score (nSPS) is 16.9. The molecule has 7 nitrogen and oxygen atoms in total. The largest absolute Gasteiger partial charge is 0.324 e. The number of hydrogen-bond acceptors (Lipinski definition) is 4. The lowest BCUT2D eigenvalue weighted by Gasteiger charge is -2.31. The Bertz CT molecular complexity index is 994. The maximum Gasteiger partial charge on any atom is 0.241 e. The highest BCUT2D eigenvalue weighted by molar-refractivity contribution is 6.05. The summed E-state index contributed by atoms with van der Waals surface area (Å²) in [5, 5.41) is 5.03. The predicted molar refractivity (Wildman–Crippen MR) is 114 cm³/mol. The van der Waals surface area contributed by atoms with Crippen LogP contribution in [0.15, 0.2) is 42.5 Å². The number of fused-ring (bicyclic) bond motifs is 1. The van der Waals surface area contributed by atoms with E-state index in [0.29, 0.717) is 11.4 Å². The average Bonchev–Trinajstić information content (AvgIpc) is 2.84. The average molecular weight is 430 g/mol. The molecule has 9 heteroatoms. The second kappa shape index (κ2) is 9.22. The molecule has 1 aliphatic heterocycles. The van der Waals surface area contributed by atoms with Crippen LogP contribution >= 0.6 is 0 Å². The van der Waals surface area contributed by atoms with Crippen molar-refractivity contribution in [1.29, 1.82) is 0 Å². The van der Waals surface area contributed by atoms with E-state index in [0.717, 1.165) is 12.1 Å². The molecule has 2 N–H and O–H groups in total. The first-order valence-corrected chi connectivity index (χ1v) is 9.85. The fraction of sp³-hybridized carbons (Fsp3) is 0.318. The third-order valence-electron chi connectivity index (χ3n) is 5.26. The van der Waals surface area contributed by atoms with E-state index in [1.165, 1.54) is 22.8 Å². The number of carbonyl (C=O) groups is 3. The molecule has 1 aliphatic rings. The van der Waals surface area contributed by atoms with Gasteiger partial charge in [-0.05, 0) is 45.2 Å². The molecule has 2 aromatic rings.